The Hall–Kier alpha value is -0.200. The number of nitrogens with zero attached hydrogens (tertiary/aromatic N) is 1. The van der Waals surface area contributed by atoms with Crippen LogP contribution >= 0.6 is 12.6 Å². The molecule has 0 bridgehead atoms. The lowest BCUT2D eigenvalue weighted by molar-refractivity contribution is -0.0184. The summed E-state index contributed by atoms with van der Waals surface area (Å²) in [7, 11) is 1.57. The molecule has 1 rings (SSSR count). The highest BCUT2D eigenvalue weighted by molar-refractivity contribution is 7.81. The van der Waals surface area contributed by atoms with Gasteiger partial charge in [-0.05, 0) is 0 Å². The molecule has 0 saturated heterocycles. The van der Waals surface area contributed by atoms with Gasteiger partial charge in [0.1, 0.15) is 0 Å². The molecule has 0 aromatic rings. The van der Waals surface area contributed by atoms with Crippen molar-refractivity contribution in [2.75, 3.05) is 7.11 Å². The Bertz CT molecular complexity index is 146. The second-order valence-electron chi connectivity index (χ2n) is 2.37. The van der Waals surface area contributed by atoms with E-state index in [1.807, 2.05) is 0 Å². The lowest BCUT2D eigenvalue weighted by Gasteiger charge is -2.38. The Labute approximate surface area is 60.2 Å². The molecule has 50 valence electrons. The second kappa shape index (κ2) is 2.20. The topological polar surface area (TPSA) is 33.0 Å². The Balaban J connectivity index is 2.48. The fourth-order valence-electron chi connectivity index (χ4n) is 1.01. The first-order chi connectivity index (χ1) is 4.22. The summed E-state index contributed by atoms with van der Waals surface area (Å²) in [5, 5.41) is 8.91. The molecular weight excluding hydrogens is 134 g/mol. The van der Waals surface area contributed by atoms with Crippen LogP contribution in [0.25, 0.3) is 0 Å². The second-order valence-corrected chi connectivity index (χ2v) is 3.10. The first-order valence-corrected chi connectivity index (χ1v) is 3.38. The summed E-state index contributed by atoms with van der Waals surface area (Å²) >= 11 is 4.17. The number of thiol groups is 1. The van der Waals surface area contributed by atoms with Crippen molar-refractivity contribution >= 4 is 12.6 Å². The number of rotatable bonds is 1. The van der Waals surface area contributed by atoms with E-state index >= 15 is 0 Å². The van der Waals surface area contributed by atoms with Crippen LogP contribution in [-0.4, -0.2) is 18.0 Å². The molecule has 1 saturated carbocycles. The average molecular weight is 143 g/mol. The van der Waals surface area contributed by atoms with E-state index < -0.39 is 5.60 Å². The van der Waals surface area contributed by atoms with Gasteiger partial charge in [-0.2, -0.15) is 17.9 Å². The monoisotopic (exact) mass is 143 g/mol. The zero-order chi connectivity index (χ0) is 6.91. The molecule has 2 nitrogen and oxygen atoms in total. The van der Waals surface area contributed by atoms with E-state index in [0.717, 1.165) is 12.8 Å². The summed E-state index contributed by atoms with van der Waals surface area (Å²) in [6.07, 6.45) is 1.53. The summed E-state index contributed by atoms with van der Waals surface area (Å²) in [4.78, 5) is 0. The van der Waals surface area contributed by atoms with Crippen molar-refractivity contribution in [1.29, 1.82) is 5.26 Å². The van der Waals surface area contributed by atoms with Gasteiger partial charge in [0.2, 0.25) is 0 Å². The maximum atomic E-state index is 8.55. The van der Waals surface area contributed by atoms with Crippen LogP contribution in [-0.2, 0) is 4.74 Å². The summed E-state index contributed by atoms with van der Waals surface area (Å²) < 4.78 is 4.98. The Kier molecular flexibility index (Phi) is 1.69. The van der Waals surface area contributed by atoms with Crippen molar-refractivity contribution < 1.29 is 4.74 Å². The van der Waals surface area contributed by atoms with Crippen LogP contribution in [0.1, 0.15) is 12.8 Å². The van der Waals surface area contributed by atoms with Crippen molar-refractivity contribution in [3.63, 3.8) is 0 Å². The highest BCUT2D eigenvalue weighted by atomic mass is 32.1. The maximum absolute atomic E-state index is 8.55. The van der Waals surface area contributed by atoms with Gasteiger partial charge in [-0.25, -0.2) is 0 Å². The number of hydrogen-bond donors (Lipinski definition) is 1. The third-order valence-electron chi connectivity index (χ3n) is 1.73. The van der Waals surface area contributed by atoms with Crippen LogP contribution < -0.4 is 0 Å². The van der Waals surface area contributed by atoms with Crippen molar-refractivity contribution in [3.05, 3.63) is 0 Å². The van der Waals surface area contributed by atoms with Gasteiger partial charge in [0.15, 0.2) is 5.60 Å². The van der Waals surface area contributed by atoms with Gasteiger partial charge >= 0.3 is 0 Å². The van der Waals surface area contributed by atoms with Crippen LogP contribution in [0, 0.1) is 11.3 Å². The molecule has 9 heavy (non-hydrogen) atoms. The molecule has 0 N–H and O–H groups in total. The molecule has 0 spiro atoms. The molecule has 1 aliphatic carbocycles. The smallest absolute Gasteiger partial charge is 0.155 e. The third kappa shape index (κ3) is 1.05. The quantitative estimate of drug-likeness (QED) is 0.555. The minimum atomic E-state index is -0.494. The number of hydrogen-bond acceptors (Lipinski definition) is 3. The van der Waals surface area contributed by atoms with Crippen LogP contribution in [0.3, 0.4) is 0 Å². The molecule has 0 aliphatic heterocycles. The Morgan fingerprint density at radius 3 is 2.44 bits per heavy atom. The molecule has 3 heteroatoms. The number of nitriles is 1. The highest BCUT2D eigenvalue weighted by Gasteiger charge is 2.43. The van der Waals surface area contributed by atoms with Gasteiger partial charge in [-0.3, -0.25) is 0 Å². The van der Waals surface area contributed by atoms with Gasteiger partial charge in [0.05, 0.1) is 6.07 Å². The summed E-state index contributed by atoms with van der Waals surface area (Å²) in [6.45, 7) is 0. The lowest BCUT2D eigenvalue weighted by atomic mass is 9.81. The molecular formula is C6H9NOS. The Morgan fingerprint density at radius 1 is 1.78 bits per heavy atom. The van der Waals surface area contributed by atoms with Gasteiger partial charge < -0.3 is 4.74 Å². The molecule has 0 heterocycles. The van der Waals surface area contributed by atoms with E-state index in [0.29, 0.717) is 5.25 Å². The summed E-state index contributed by atoms with van der Waals surface area (Å²) in [6, 6.07) is 2.12. The van der Waals surface area contributed by atoms with Gasteiger partial charge in [0, 0.05) is 25.2 Å². The maximum Gasteiger partial charge on any atom is 0.155 e. The predicted octanol–water partition coefficient (Wildman–Crippen LogP) is 0.987. The zero-order valence-electron chi connectivity index (χ0n) is 5.29. The van der Waals surface area contributed by atoms with Gasteiger partial charge in [0.25, 0.3) is 0 Å². The van der Waals surface area contributed by atoms with Crippen molar-refractivity contribution in [3.8, 4) is 6.07 Å². The fraction of sp³-hybridized carbons (Fsp3) is 0.833. The normalized spacial score (nSPS) is 41.2. The first kappa shape index (κ1) is 6.91. The van der Waals surface area contributed by atoms with Crippen molar-refractivity contribution in [1.82, 2.24) is 0 Å². The minimum absolute atomic E-state index is 0.365. The van der Waals surface area contributed by atoms with E-state index in [9.17, 15) is 0 Å². The van der Waals surface area contributed by atoms with Crippen molar-refractivity contribution in [2.24, 2.45) is 0 Å². The predicted molar refractivity (Wildman–Crippen MR) is 37.4 cm³/mol. The van der Waals surface area contributed by atoms with E-state index in [-0.39, 0.29) is 0 Å². The average Bonchev–Trinajstić information content (AvgIpc) is 1.81. The minimum Gasteiger partial charge on any atom is -0.363 e. The van der Waals surface area contributed by atoms with E-state index in [1.165, 1.54) is 0 Å². The molecule has 0 aromatic heterocycles. The SMILES string of the molecule is CO[C@]1(C#N)C[C@H](S)C1. The molecule has 1 aliphatic rings. The lowest BCUT2D eigenvalue weighted by Crippen LogP contribution is -2.45. The van der Waals surface area contributed by atoms with Gasteiger partial charge in [-0.1, -0.05) is 0 Å². The number of methoxy groups -OCH3 is 1. The highest BCUT2D eigenvalue weighted by Crippen LogP contribution is 2.37. The first-order valence-electron chi connectivity index (χ1n) is 2.87. The van der Waals surface area contributed by atoms with E-state index in [2.05, 4.69) is 18.7 Å². The third-order valence-corrected chi connectivity index (χ3v) is 2.09. The van der Waals surface area contributed by atoms with Crippen LogP contribution in [0.15, 0.2) is 0 Å². The van der Waals surface area contributed by atoms with E-state index in [1.54, 1.807) is 7.11 Å². The largest absolute Gasteiger partial charge is 0.363 e. The van der Waals surface area contributed by atoms with Gasteiger partial charge in [-0.15, -0.1) is 0 Å². The molecule has 0 atom stereocenters. The number of ether oxygens (including phenoxy) is 1. The standard InChI is InChI=1S/C6H9NOS/c1-8-6(4-7)2-5(9)3-6/h5,9H,2-3H2,1H3/t5-,6+. The molecule has 1 fully saturated rings. The molecule has 0 aromatic carbocycles. The zero-order valence-corrected chi connectivity index (χ0v) is 6.19. The van der Waals surface area contributed by atoms with Crippen LogP contribution in [0.2, 0.25) is 0 Å². The summed E-state index contributed by atoms with van der Waals surface area (Å²) in [5.41, 5.74) is -0.494. The molecule has 0 unspecified atom stereocenters. The molecule has 0 amide bonds. The van der Waals surface area contributed by atoms with Crippen LogP contribution in [0.4, 0.5) is 0 Å². The van der Waals surface area contributed by atoms with Crippen molar-refractivity contribution in [2.45, 2.75) is 23.7 Å². The fourth-order valence-corrected chi connectivity index (χ4v) is 1.59. The van der Waals surface area contributed by atoms with Crippen LogP contribution in [0.5, 0.6) is 0 Å². The Morgan fingerprint density at radius 2 is 2.33 bits per heavy atom. The van der Waals surface area contributed by atoms with E-state index in [4.69, 9.17) is 10.00 Å². The molecule has 0 radical (unpaired) electrons. The summed E-state index contributed by atoms with van der Waals surface area (Å²) in [5.74, 6) is 0.